The molecule has 5 aromatic rings. The number of fused-ring (bicyclic) bond motifs is 4. The summed E-state index contributed by atoms with van der Waals surface area (Å²) >= 11 is 1.86. The van der Waals surface area contributed by atoms with Crippen molar-refractivity contribution >= 4 is 44.0 Å². The second kappa shape index (κ2) is 12.5. The Morgan fingerprint density at radius 2 is 1.95 bits per heavy atom. The van der Waals surface area contributed by atoms with Crippen LogP contribution in [0.3, 0.4) is 0 Å². The van der Waals surface area contributed by atoms with Crippen molar-refractivity contribution in [3.05, 3.63) is 77.1 Å². The fourth-order valence-corrected chi connectivity index (χ4v) is 7.11. The molecule has 7 nitrogen and oxygen atoms in total. The molecule has 1 aliphatic carbocycles. The first kappa shape index (κ1) is 26.9. The van der Waals surface area contributed by atoms with Crippen LogP contribution in [-0.2, 0) is 19.4 Å². The molecule has 0 radical (unpaired) electrons. The van der Waals surface area contributed by atoms with Gasteiger partial charge in [-0.05, 0) is 107 Å². The van der Waals surface area contributed by atoms with Gasteiger partial charge in [0.2, 0.25) is 0 Å². The van der Waals surface area contributed by atoms with Crippen molar-refractivity contribution in [3.63, 3.8) is 0 Å². The van der Waals surface area contributed by atoms with E-state index < -0.39 is 0 Å². The average molecular weight is 554 g/mol. The predicted molar refractivity (Wildman–Crippen MR) is 167 cm³/mol. The molecule has 0 spiro atoms. The molecule has 3 heterocycles. The van der Waals surface area contributed by atoms with Gasteiger partial charge in [-0.25, -0.2) is 9.97 Å². The van der Waals surface area contributed by atoms with Crippen LogP contribution in [0.5, 0.6) is 0 Å². The number of nitrogens with one attached hydrogen (secondary N) is 2. The van der Waals surface area contributed by atoms with Gasteiger partial charge in [-0.2, -0.15) is 5.10 Å². The first-order valence-corrected chi connectivity index (χ1v) is 15.3. The lowest BCUT2D eigenvalue weighted by Crippen LogP contribution is -2.23. The molecule has 0 saturated heterocycles. The lowest BCUT2D eigenvalue weighted by atomic mass is 9.86. The first-order valence-electron chi connectivity index (χ1n) is 14.5. The smallest absolute Gasteiger partial charge is 0.142 e. The number of thiophene rings is 1. The number of unbranched alkanes of at least 4 members (excludes halogenated alkanes) is 1. The number of aromatic nitrogens is 4. The van der Waals surface area contributed by atoms with E-state index in [1.54, 1.807) is 6.33 Å². The topological polar surface area (TPSA) is 70.9 Å². The summed E-state index contributed by atoms with van der Waals surface area (Å²) in [6, 6.07) is 16.9. The highest BCUT2D eigenvalue weighted by Crippen LogP contribution is 2.41. The Labute approximate surface area is 240 Å². The summed E-state index contributed by atoms with van der Waals surface area (Å²) in [6.45, 7) is 4.17. The van der Waals surface area contributed by atoms with Crippen LogP contribution in [0, 0.1) is 5.92 Å². The van der Waals surface area contributed by atoms with Crippen molar-refractivity contribution < 1.29 is 0 Å². The summed E-state index contributed by atoms with van der Waals surface area (Å²) in [5.41, 5.74) is 4.85. The van der Waals surface area contributed by atoms with Crippen molar-refractivity contribution in [2.75, 3.05) is 39.0 Å². The highest BCUT2D eigenvalue weighted by Gasteiger charge is 2.25. The molecule has 0 bridgehead atoms. The van der Waals surface area contributed by atoms with Gasteiger partial charge in [0.25, 0.3) is 0 Å². The summed E-state index contributed by atoms with van der Waals surface area (Å²) < 4.78 is 2.06. The van der Waals surface area contributed by atoms with Crippen molar-refractivity contribution in [2.24, 2.45) is 5.92 Å². The Kier molecular flexibility index (Phi) is 8.37. The summed E-state index contributed by atoms with van der Waals surface area (Å²) in [7, 11) is 4.29. The van der Waals surface area contributed by atoms with Gasteiger partial charge in [0.1, 0.15) is 17.0 Å². The molecule has 3 aromatic heterocycles. The fraction of sp³-hybridized carbons (Fsp3) is 0.406. The van der Waals surface area contributed by atoms with Gasteiger partial charge in [-0.3, -0.25) is 4.68 Å². The van der Waals surface area contributed by atoms with Gasteiger partial charge in [0.05, 0.1) is 23.6 Å². The van der Waals surface area contributed by atoms with Crippen LogP contribution in [0.15, 0.2) is 61.1 Å². The lowest BCUT2D eigenvalue weighted by molar-refractivity contribution is 0.386. The molecule has 208 valence electrons. The molecular formula is C32H39N7S. The van der Waals surface area contributed by atoms with Crippen LogP contribution in [-0.4, -0.2) is 58.4 Å². The molecule has 0 fully saturated rings. The molecule has 0 saturated carbocycles. The third-order valence-corrected chi connectivity index (χ3v) is 9.13. The van der Waals surface area contributed by atoms with Crippen molar-refractivity contribution in [1.29, 1.82) is 0 Å². The molecule has 0 amide bonds. The van der Waals surface area contributed by atoms with E-state index in [4.69, 9.17) is 0 Å². The van der Waals surface area contributed by atoms with E-state index in [-0.39, 0.29) is 0 Å². The molecule has 1 unspecified atom stereocenters. The molecular weight excluding hydrogens is 514 g/mol. The second-order valence-corrected chi connectivity index (χ2v) is 12.3. The van der Waals surface area contributed by atoms with Crippen molar-refractivity contribution in [3.8, 4) is 0 Å². The maximum atomic E-state index is 4.69. The number of hydrogen-bond acceptors (Lipinski definition) is 7. The van der Waals surface area contributed by atoms with Gasteiger partial charge in [-0.15, -0.1) is 11.3 Å². The largest absolute Gasteiger partial charge is 0.340 e. The van der Waals surface area contributed by atoms with Gasteiger partial charge in [0, 0.05) is 16.0 Å². The van der Waals surface area contributed by atoms with Crippen molar-refractivity contribution in [2.45, 2.75) is 45.1 Å². The predicted octanol–water partition coefficient (Wildman–Crippen LogP) is 6.26. The minimum atomic E-state index is 0.744. The van der Waals surface area contributed by atoms with Crippen LogP contribution in [0.2, 0.25) is 0 Å². The fourth-order valence-electron chi connectivity index (χ4n) is 5.81. The molecule has 6 rings (SSSR count). The zero-order chi connectivity index (χ0) is 27.3. The van der Waals surface area contributed by atoms with Crippen LogP contribution in [0.4, 0.5) is 11.5 Å². The summed E-state index contributed by atoms with van der Waals surface area (Å²) in [6.07, 6.45) is 10.9. The Balaban J connectivity index is 1.11. The summed E-state index contributed by atoms with van der Waals surface area (Å²) in [5, 5.41) is 14.3. The third kappa shape index (κ3) is 6.19. The molecule has 0 aliphatic heterocycles. The standard InChI is InChI=1S/C32H39N7S/c1-38(2)17-7-6-15-33-16-14-23-10-12-27-29(18-23)40-32-30(27)31(34-22-35-32)37-26-11-13-28-25(19-26)20-36-39(28)21-24-8-4-3-5-9-24/h3-5,8-9,11,13,19-20,22-23,33H,6-7,10,12,14-18,21H2,1-2H3,(H,34,35,37). The molecule has 2 aromatic carbocycles. The maximum absolute atomic E-state index is 4.69. The number of aryl methyl sites for hydroxylation is 1. The lowest BCUT2D eigenvalue weighted by Gasteiger charge is -2.22. The van der Waals surface area contributed by atoms with Gasteiger partial charge >= 0.3 is 0 Å². The third-order valence-electron chi connectivity index (χ3n) is 7.97. The van der Waals surface area contributed by atoms with Gasteiger partial charge in [-0.1, -0.05) is 30.3 Å². The van der Waals surface area contributed by atoms with Crippen LogP contribution in [0.25, 0.3) is 21.1 Å². The summed E-state index contributed by atoms with van der Waals surface area (Å²) in [5.74, 6) is 1.66. The zero-order valence-corrected chi connectivity index (χ0v) is 24.4. The number of nitrogens with zero attached hydrogens (tertiary/aromatic N) is 5. The van der Waals surface area contributed by atoms with E-state index in [0.717, 1.165) is 65.6 Å². The van der Waals surface area contributed by atoms with Crippen LogP contribution in [0.1, 0.15) is 41.7 Å². The van der Waals surface area contributed by atoms with Crippen molar-refractivity contribution in [1.82, 2.24) is 30.0 Å². The Bertz CT molecular complexity index is 1560. The van der Waals surface area contributed by atoms with Gasteiger partial charge in [0.15, 0.2) is 0 Å². The van der Waals surface area contributed by atoms with E-state index >= 15 is 0 Å². The number of rotatable bonds is 12. The van der Waals surface area contributed by atoms with Crippen LogP contribution < -0.4 is 10.6 Å². The van der Waals surface area contributed by atoms with E-state index in [2.05, 4.69) is 91.8 Å². The monoisotopic (exact) mass is 553 g/mol. The highest BCUT2D eigenvalue weighted by atomic mass is 32.1. The van der Waals surface area contributed by atoms with E-state index in [1.165, 1.54) is 53.6 Å². The van der Waals surface area contributed by atoms with E-state index in [0.29, 0.717) is 0 Å². The van der Waals surface area contributed by atoms with Gasteiger partial charge < -0.3 is 15.5 Å². The average Bonchev–Trinajstić information content (AvgIpc) is 3.54. The van der Waals surface area contributed by atoms with E-state index in [1.807, 2.05) is 23.6 Å². The summed E-state index contributed by atoms with van der Waals surface area (Å²) in [4.78, 5) is 14.2. The normalized spacial score (nSPS) is 15.2. The Morgan fingerprint density at radius 3 is 2.83 bits per heavy atom. The number of anilines is 2. The molecule has 1 atom stereocenters. The quantitative estimate of drug-likeness (QED) is 0.178. The minimum absolute atomic E-state index is 0.744. The maximum Gasteiger partial charge on any atom is 0.142 e. The molecule has 8 heteroatoms. The SMILES string of the molecule is CN(C)CCCCNCCC1CCc2c(sc3ncnc(Nc4ccc5c(cnn5Cc5ccccc5)c4)c23)C1. The highest BCUT2D eigenvalue weighted by molar-refractivity contribution is 7.19. The first-order chi connectivity index (χ1) is 19.6. The Hall–Kier alpha value is -3.33. The van der Waals surface area contributed by atoms with E-state index in [9.17, 15) is 0 Å². The minimum Gasteiger partial charge on any atom is -0.340 e. The molecule has 2 N–H and O–H groups in total. The zero-order valence-electron chi connectivity index (χ0n) is 23.6. The number of hydrogen-bond donors (Lipinski definition) is 2. The van der Waals surface area contributed by atoms with Crippen LogP contribution >= 0.6 is 11.3 Å². The second-order valence-electron chi connectivity index (χ2n) is 11.3. The number of benzene rings is 2. The molecule has 1 aliphatic rings. The molecule has 40 heavy (non-hydrogen) atoms. The Morgan fingerprint density at radius 1 is 1.05 bits per heavy atom.